The number of rotatable bonds is 5. The van der Waals surface area contributed by atoms with Crippen molar-refractivity contribution in [3.8, 4) is 0 Å². The van der Waals surface area contributed by atoms with E-state index >= 15 is 0 Å². The van der Waals surface area contributed by atoms with E-state index in [1.54, 1.807) is 6.92 Å². The van der Waals surface area contributed by atoms with Crippen LogP contribution >= 0.6 is 0 Å². The van der Waals surface area contributed by atoms with Gasteiger partial charge in [-0.2, -0.15) is 0 Å². The molecular weight excluding hydrogens is 228 g/mol. The average Bonchev–Trinajstić information content (AvgIpc) is 2.25. The molecule has 17 heavy (non-hydrogen) atoms. The number of hydrogen-bond acceptors (Lipinski definition) is 6. The van der Waals surface area contributed by atoms with E-state index < -0.39 is 11.9 Å². The van der Waals surface area contributed by atoms with E-state index in [-0.39, 0.29) is 25.4 Å². The molecule has 0 aromatic rings. The Bertz CT molecular complexity index is 282. The zero-order valence-corrected chi connectivity index (χ0v) is 10.3. The van der Waals surface area contributed by atoms with Crippen molar-refractivity contribution in [1.82, 2.24) is 0 Å². The van der Waals surface area contributed by atoms with Gasteiger partial charge in [0.05, 0.1) is 13.7 Å². The van der Waals surface area contributed by atoms with Gasteiger partial charge in [-0.3, -0.25) is 9.59 Å². The number of methoxy groups -OCH3 is 1. The Labute approximate surface area is 100 Å². The molecule has 0 aliphatic carbocycles. The van der Waals surface area contributed by atoms with Gasteiger partial charge in [-0.15, -0.1) is 0 Å². The monoisotopic (exact) mass is 246 g/mol. The molecule has 0 spiro atoms. The smallest absolute Gasteiger partial charge is 0.333 e. The molecule has 0 aliphatic heterocycles. The quantitative estimate of drug-likeness (QED) is 0.424. The second kappa shape index (κ2) is 10.8. The maximum atomic E-state index is 10.5. The van der Waals surface area contributed by atoms with Crippen LogP contribution in [0, 0.1) is 0 Å². The summed E-state index contributed by atoms with van der Waals surface area (Å²) in [6.45, 7) is 6.16. The van der Waals surface area contributed by atoms with Crippen LogP contribution < -0.4 is 0 Å². The summed E-state index contributed by atoms with van der Waals surface area (Å²) in [5.74, 6) is -1.10. The van der Waals surface area contributed by atoms with E-state index in [1.165, 1.54) is 14.0 Å². The Morgan fingerprint density at radius 1 is 1.24 bits per heavy atom. The molecule has 0 heterocycles. The first-order chi connectivity index (χ1) is 7.84. The zero-order chi connectivity index (χ0) is 13.8. The second-order valence-electron chi connectivity index (χ2n) is 3.09. The van der Waals surface area contributed by atoms with Gasteiger partial charge in [0.15, 0.2) is 0 Å². The van der Waals surface area contributed by atoms with Gasteiger partial charge in [-0.25, -0.2) is 4.79 Å². The Kier molecular flexibility index (Phi) is 11.3. The molecule has 98 valence electrons. The van der Waals surface area contributed by atoms with E-state index in [0.29, 0.717) is 5.57 Å². The summed E-state index contributed by atoms with van der Waals surface area (Å²) in [5.41, 5.74) is 0.350. The molecule has 0 amide bonds. The van der Waals surface area contributed by atoms with Crippen LogP contribution in [-0.4, -0.2) is 43.2 Å². The van der Waals surface area contributed by atoms with E-state index in [2.05, 4.69) is 16.1 Å². The molecule has 0 radical (unpaired) electrons. The van der Waals surface area contributed by atoms with Gasteiger partial charge >= 0.3 is 11.9 Å². The lowest BCUT2D eigenvalue weighted by atomic mass is 10.3. The molecule has 0 atom stereocenters. The number of aliphatic hydroxyl groups is 1. The van der Waals surface area contributed by atoms with E-state index in [4.69, 9.17) is 5.11 Å². The number of carbonyl (C=O) groups excluding carboxylic acids is 3. The minimum absolute atomic E-state index is 0.0473. The normalized spacial score (nSPS) is 8.47. The number of esters is 2. The Morgan fingerprint density at radius 2 is 1.76 bits per heavy atom. The van der Waals surface area contributed by atoms with Gasteiger partial charge in [0.1, 0.15) is 18.8 Å². The summed E-state index contributed by atoms with van der Waals surface area (Å²) in [6, 6.07) is 0. The van der Waals surface area contributed by atoms with Crippen LogP contribution in [0.3, 0.4) is 0 Å². The predicted molar refractivity (Wildman–Crippen MR) is 60.2 cm³/mol. The third kappa shape index (κ3) is 14.3. The second-order valence-corrected chi connectivity index (χ2v) is 3.09. The van der Waals surface area contributed by atoms with E-state index in [9.17, 15) is 14.4 Å². The molecule has 6 nitrogen and oxygen atoms in total. The minimum Gasteiger partial charge on any atom is -0.469 e. The van der Waals surface area contributed by atoms with Crippen LogP contribution in [0.2, 0.25) is 0 Å². The molecule has 0 aromatic heterocycles. The molecule has 0 fully saturated rings. The summed E-state index contributed by atoms with van der Waals surface area (Å²) in [6.07, 6.45) is -0.115. The molecule has 0 saturated carbocycles. The summed E-state index contributed by atoms with van der Waals surface area (Å²) in [4.78, 5) is 30.8. The van der Waals surface area contributed by atoms with Crippen molar-refractivity contribution >= 4 is 17.7 Å². The number of ether oxygens (including phenoxy) is 2. The van der Waals surface area contributed by atoms with Crippen LogP contribution in [0.4, 0.5) is 0 Å². The summed E-state index contributed by atoms with van der Waals surface area (Å²) >= 11 is 0. The third-order valence-corrected chi connectivity index (χ3v) is 1.29. The van der Waals surface area contributed by atoms with Gasteiger partial charge in [-0.1, -0.05) is 6.58 Å². The molecule has 1 N–H and O–H groups in total. The topological polar surface area (TPSA) is 89.9 Å². The SMILES string of the molecule is C=C(C)C(=O)OCCO.COC(=O)CC(C)=O. The van der Waals surface area contributed by atoms with E-state index in [1.807, 2.05) is 0 Å². The van der Waals surface area contributed by atoms with Crippen LogP contribution in [-0.2, 0) is 23.9 Å². The van der Waals surface area contributed by atoms with Crippen LogP contribution in [0.5, 0.6) is 0 Å². The molecule has 0 unspecified atom stereocenters. The third-order valence-electron chi connectivity index (χ3n) is 1.29. The van der Waals surface area contributed by atoms with Gasteiger partial charge in [0.25, 0.3) is 0 Å². The van der Waals surface area contributed by atoms with Gasteiger partial charge < -0.3 is 14.6 Å². The molecule has 0 bridgehead atoms. The highest BCUT2D eigenvalue weighted by Crippen LogP contribution is 1.89. The van der Waals surface area contributed by atoms with Crippen molar-refractivity contribution in [3.63, 3.8) is 0 Å². The molecular formula is C11H18O6. The highest BCUT2D eigenvalue weighted by molar-refractivity contribution is 5.93. The van der Waals surface area contributed by atoms with Crippen molar-refractivity contribution in [2.45, 2.75) is 20.3 Å². The fraction of sp³-hybridized carbons (Fsp3) is 0.545. The van der Waals surface area contributed by atoms with E-state index in [0.717, 1.165) is 0 Å². The maximum absolute atomic E-state index is 10.5. The Hall–Kier alpha value is -1.69. The average molecular weight is 246 g/mol. The summed E-state index contributed by atoms with van der Waals surface area (Å²) in [7, 11) is 1.26. The first-order valence-corrected chi connectivity index (χ1v) is 4.84. The van der Waals surface area contributed by atoms with Crippen LogP contribution in [0.25, 0.3) is 0 Å². The zero-order valence-electron chi connectivity index (χ0n) is 10.3. The Morgan fingerprint density at radius 3 is 2.00 bits per heavy atom. The van der Waals surface area contributed by atoms with Gasteiger partial charge in [0.2, 0.25) is 0 Å². The molecule has 6 heteroatoms. The largest absolute Gasteiger partial charge is 0.469 e. The van der Waals surface area contributed by atoms with Crippen LogP contribution in [0.1, 0.15) is 20.3 Å². The minimum atomic E-state index is -0.475. The molecule has 0 saturated heterocycles. The fourth-order valence-corrected chi connectivity index (χ4v) is 0.537. The molecule has 0 aliphatic rings. The van der Waals surface area contributed by atoms with Crippen molar-refractivity contribution < 1.29 is 29.0 Å². The first-order valence-electron chi connectivity index (χ1n) is 4.84. The summed E-state index contributed by atoms with van der Waals surface area (Å²) < 4.78 is 8.67. The van der Waals surface area contributed by atoms with Crippen molar-refractivity contribution in [3.05, 3.63) is 12.2 Å². The maximum Gasteiger partial charge on any atom is 0.333 e. The first kappa shape index (κ1) is 17.7. The molecule has 0 aromatic carbocycles. The predicted octanol–water partition coefficient (Wildman–Crippen LogP) is 0.237. The Balaban J connectivity index is 0. The number of Topliss-reactive ketones (excluding diaryl/α,β-unsaturated/α-hetero) is 1. The lowest BCUT2D eigenvalue weighted by Crippen LogP contribution is -2.08. The number of hydrogen-bond donors (Lipinski definition) is 1. The highest BCUT2D eigenvalue weighted by atomic mass is 16.5. The lowest BCUT2D eigenvalue weighted by molar-refractivity contribution is -0.143. The van der Waals surface area contributed by atoms with Crippen molar-refractivity contribution in [2.75, 3.05) is 20.3 Å². The van der Waals surface area contributed by atoms with Crippen molar-refractivity contribution in [2.24, 2.45) is 0 Å². The lowest BCUT2D eigenvalue weighted by Gasteiger charge is -1.99. The number of aliphatic hydroxyl groups excluding tert-OH is 1. The highest BCUT2D eigenvalue weighted by Gasteiger charge is 2.01. The van der Waals surface area contributed by atoms with Gasteiger partial charge in [-0.05, 0) is 13.8 Å². The number of ketones is 1. The standard InChI is InChI=1S/C6H10O3.C5H8O3/c1-5(2)6(8)9-4-3-7;1-4(6)3-5(7)8-2/h7H,1,3-4H2,2H3;3H2,1-2H3. The fourth-order valence-electron chi connectivity index (χ4n) is 0.537. The number of carbonyl (C=O) groups is 3. The van der Waals surface area contributed by atoms with Crippen molar-refractivity contribution in [1.29, 1.82) is 0 Å². The van der Waals surface area contributed by atoms with Crippen LogP contribution in [0.15, 0.2) is 12.2 Å². The summed E-state index contributed by atoms with van der Waals surface area (Å²) in [5, 5.41) is 8.19. The van der Waals surface area contributed by atoms with Gasteiger partial charge in [0, 0.05) is 5.57 Å². The molecule has 0 rings (SSSR count).